The number of nitrogens with zero attached hydrogens (tertiary/aromatic N) is 9. The molecular formula is C59H73ClF2N11NpO9S-3. The van der Waals surface area contributed by atoms with Crippen molar-refractivity contribution in [2.45, 2.75) is 57.5 Å². The molecule has 1 fully saturated rings. The Labute approximate surface area is 522 Å². The molecule has 3 aromatic heterocycles. The quantitative estimate of drug-likeness (QED) is 0.0293. The standard InChI is InChI=1S/C52H67F2N11O9S.C7H6Cl.Np/c1-61(20-3-4-27-73-45-10-5-40(6-11-45)7-14-49(67)65(37-48(53)54)47(38-66)41-15-18-55-19-16-41)25-29-71-32-31-70-28-17-43-36-64(60-59-43)26-30-72-33-34-74-46-12-8-42(9-13-46)56-51(69)58-52-57-44(39-75-52)35-50(68)63-23-21-62(2)22-24-63;1-6-2-4-7(8)5-3-6;/h5-6,8-13,15,18-19,36,39,47-48H,3-4,7,14,17,20-35,37H2,1-2H3,(H2,56,57,58,69);2-5H,1H2;/q-2;-1;. The first-order chi connectivity index (χ1) is 40.3. The van der Waals surface area contributed by atoms with Gasteiger partial charge in [0, 0.05) is 97.8 Å². The zero-order valence-electron chi connectivity index (χ0n) is 47.4. The number of carbonyl (C=O) groups is 3. The Bertz CT molecular complexity index is 2800. The van der Waals surface area contributed by atoms with Gasteiger partial charge in [0.2, 0.25) is 11.8 Å². The average Bonchev–Trinajstić information content (AvgIpc) is 4.23. The third-order valence-electron chi connectivity index (χ3n) is 12.8. The number of hydrogen-bond donors (Lipinski definition) is 2. The molecule has 0 saturated carbocycles. The third kappa shape index (κ3) is 26.4. The number of thiazole rings is 1. The maximum Gasteiger partial charge on any atom is 0.325 e. The number of hydrogen-bond acceptors (Lipinski definition) is 16. The summed E-state index contributed by atoms with van der Waals surface area (Å²) >= 11 is 6.86. The van der Waals surface area contributed by atoms with E-state index >= 15 is 0 Å². The van der Waals surface area contributed by atoms with E-state index in [-0.39, 0.29) is 54.3 Å². The number of piperazine rings is 1. The minimum absolute atomic E-state index is 0. The molecule has 1 atom stereocenters. The molecule has 1 saturated heterocycles. The van der Waals surface area contributed by atoms with Crippen LogP contribution in [0.25, 0.3) is 0 Å². The number of aromatic nitrogens is 5. The van der Waals surface area contributed by atoms with Crippen LogP contribution in [0.4, 0.5) is 24.4 Å². The number of anilines is 2. The van der Waals surface area contributed by atoms with Gasteiger partial charge in [-0.05, 0) is 81.9 Å². The van der Waals surface area contributed by atoms with Crippen LogP contribution in [0.3, 0.4) is 0 Å². The van der Waals surface area contributed by atoms with Gasteiger partial charge in [0.1, 0.15) is 18.1 Å². The molecule has 4 heterocycles. The van der Waals surface area contributed by atoms with Gasteiger partial charge in [-0.25, -0.2) is 41.2 Å². The number of halogens is 3. The summed E-state index contributed by atoms with van der Waals surface area (Å²) in [5.74, 6) is 0.799. The van der Waals surface area contributed by atoms with Crippen LogP contribution in [0.2, 0.25) is 5.02 Å². The van der Waals surface area contributed by atoms with E-state index < -0.39 is 31.0 Å². The number of benzene rings is 3. The first-order valence-electron chi connectivity index (χ1n) is 27.4. The fraction of sp³-hybridized carbons (Fsp3) is 0.441. The molecule has 1 aliphatic rings. The van der Waals surface area contributed by atoms with E-state index in [0.29, 0.717) is 113 Å². The molecule has 0 bridgehead atoms. The second-order valence-corrected chi connectivity index (χ2v) is 20.6. The Balaban J connectivity index is 0.00000132. The van der Waals surface area contributed by atoms with E-state index in [1.54, 1.807) is 40.6 Å². The summed E-state index contributed by atoms with van der Waals surface area (Å²) in [5.41, 5.74) is 4.13. The molecule has 0 aliphatic carbocycles. The summed E-state index contributed by atoms with van der Waals surface area (Å²) in [6.07, 6.45) is 6.39. The van der Waals surface area contributed by atoms with Gasteiger partial charge in [-0.3, -0.25) is 14.9 Å². The molecule has 2 N–H and O–H groups in total. The number of urea groups is 1. The molecule has 7 rings (SSSR count). The second kappa shape index (κ2) is 38.8. The van der Waals surface area contributed by atoms with Crippen molar-refractivity contribution < 1.29 is 81.6 Å². The summed E-state index contributed by atoms with van der Waals surface area (Å²) in [4.78, 5) is 65.2. The second-order valence-electron chi connectivity index (χ2n) is 19.3. The van der Waals surface area contributed by atoms with Crippen molar-refractivity contribution in [1.82, 2.24) is 44.6 Å². The van der Waals surface area contributed by atoms with Crippen LogP contribution in [-0.4, -0.2) is 188 Å². The third-order valence-corrected chi connectivity index (χ3v) is 13.9. The Morgan fingerprint density at radius 2 is 1.51 bits per heavy atom. The maximum atomic E-state index is 13.3. The minimum atomic E-state index is -2.81. The van der Waals surface area contributed by atoms with Crippen LogP contribution in [0.1, 0.15) is 53.4 Å². The molecule has 453 valence electrons. The zero-order chi connectivity index (χ0) is 59.0. The molecule has 84 heavy (non-hydrogen) atoms. The number of ether oxygens (including phenoxy) is 5. The summed E-state index contributed by atoms with van der Waals surface area (Å²) < 4.78 is 57.3. The summed E-state index contributed by atoms with van der Waals surface area (Å²) in [6.45, 7) is 12.0. The van der Waals surface area contributed by atoms with Crippen molar-refractivity contribution >= 4 is 57.9 Å². The van der Waals surface area contributed by atoms with Gasteiger partial charge in [-0.15, -0.1) is 16.4 Å². The summed E-state index contributed by atoms with van der Waals surface area (Å²) in [6, 6.07) is 24.2. The van der Waals surface area contributed by atoms with Gasteiger partial charge in [-0.1, -0.05) is 59.5 Å². The summed E-state index contributed by atoms with van der Waals surface area (Å²) in [5, 5.41) is 16.9. The van der Waals surface area contributed by atoms with Crippen LogP contribution in [-0.2, 0) is 54.4 Å². The summed E-state index contributed by atoms with van der Waals surface area (Å²) in [7, 11) is 4.10. The van der Waals surface area contributed by atoms with Gasteiger partial charge in [0.05, 0.1) is 77.1 Å². The molecule has 25 heteroatoms. The first-order valence-corrected chi connectivity index (χ1v) is 28.6. The van der Waals surface area contributed by atoms with E-state index in [2.05, 4.69) is 60.8 Å². The SMILES string of the molecule is CN(CCCCOc1ccc(CCC(=O)N(CC(F)F)C([C-]=O)c2[c-]cncc2)cc1)CCOCCOCCc1cn(CCOCCOc2ccc(NC(=O)Nc3nc(CC(=O)N4CCN(C)CC4)cs3)cc2)nn1.[CH2-]c1ccc(Cl)cc1.[Np]. The van der Waals surface area contributed by atoms with Crippen LogP contribution >= 0.6 is 22.9 Å². The smallest absolute Gasteiger partial charge is 0.325 e. The van der Waals surface area contributed by atoms with Crippen molar-refractivity contribution in [2.75, 3.05) is 123 Å². The Morgan fingerprint density at radius 3 is 2.20 bits per heavy atom. The number of rotatable bonds is 34. The molecule has 0 spiro atoms. The Kier molecular flexibility index (Phi) is 31.7. The fourth-order valence-corrected chi connectivity index (χ4v) is 8.96. The number of alkyl halides is 2. The van der Waals surface area contributed by atoms with Crippen LogP contribution in [0.5, 0.6) is 11.5 Å². The number of pyridine rings is 1. The number of nitrogens with one attached hydrogen (secondary N) is 2. The van der Waals surface area contributed by atoms with Gasteiger partial charge in [-0.2, -0.15) is 30.7 Å². The molecule has 6 aromatic rings. The largest absolute Gasteiger partial charge is 0.540 e. The van der Waals surface area contributed by atoms with Gasteiger partial charge < -0.3 is 58.4 Å². The molecular weight excluding hydrogens is 1350 g/mol. The monoisotopic (exact) mass is 1420 g/mol. The van der Waals surface area contributed by atoms with Crippen molar-refractivity contribution in [2.24, 2.45) is 0 Å². The normalized spacial score (nSPS) is 12.7. The van der Waals surface area contributed by atoms with Crippen molar-refractivity contribution in [3.63, 3.8) is 0 Å². The zero-order valence-corrected chi connectivity index (χ0v) is 52.7. The van der Waals surface area contributed by atoms with Crippen LogP contribution in [0, 0.1) is 42.9 Å². The number of carbonyl (C=O) groups excluding carboxylic acids is 4. The minimum Gasteiger partial charge on any atom is -0.540 e. The van der Waals surface area contributed by atoms with E-state index in [9.17, 15) is 28.0 Å². The van der Waals surface area contributed by atoms with Gasteiger partial charge in [0.15, 0.2) is 5.13 Å². The molecule has 20 nitrogen and oxygen atoms in total. The van der Waals surface area contributed by atoms with Gasteiger partial charge in [0.25, 0.3) is 6.43 Å². The predicted octanol–water partition coefficient (Wildman–Crippen LogP) is 7.75. The number of likely N-dealkylation sites (N-methyl/N-ethyl adjacent to an activating group) is 2. The van der Waals surface area contributed by atoms with E-state index in [0.717, 1.165) is 65.8 Å². The van der Waals surface area contributed by atoms with Crippen LogP contribution < -0.4 is 20.1 Å². The van der Waals surface area contributed by atoms with E-state index in [1.807, 2.05) is 66.7 Å². The fourth-order valence-electron chi connectivity index (χ4n) is 8.13. The van der Waals surface area contributed by atoms with Crippen molar-refractivity contribution in [3.05, 3.63) is 149 Å². The van der Waals surface area contributed by atoms with E-state index in [1.165, 1.54) is 29.8 Å². The first kappa shape index (κ1) is 68.7. The van der Waals surface area contributed by atoms with Gasteiger partial charge >= 0.3 is 6.03 Å². The topological polar surface area (TPSA) is 208 Å². The molecule has 1 radical (unpaired) electrons. The molecule has 3 aromatic carbocycles. The average molecular weight is 1420 g/mol. The van der Waals surface area contributed by atoms with Crippen molar-refractivity contribution in [3.8, 4) is 11.5 Å². The van der Waals surface area contributed by atoms with Crippen molar-refractivity contribution in [1.29, 1.82) is 0 Å². The Morgan fingerprint density at radius 1 is 0.821 bits per heavy atom. The van der Waals surface area contributed by atoms with E-state index in [4.69, 9.17) is 35.3 Å². The molecule has 1 unspecified atom stereocenters. The predicted molar refractivity (Wildman–Crippen MR) is 313 cm³/mol. The Hall–Kier alpha value is -6.11. The van der Waals surface area contributed by atoms with Crippen LogP contribution in [0.15, 0.2) is 103 Å². The number of unbranched alkanes of at least 4 members (excludes halogenated alkanes) is 1. The molecule has 4 amide bonds. The number of aryl methyl sites for hydroxylation is 1. The number of amides is 4. The molecule has 1 aliphatic heterocycles. The maximum absolute atomic E-state index is 13.3.